The van der Waals surface area contributed by atoms with Crippen LogP contribution in [0.2, 0.25) is 0 Å². The Kier molecular flexibility index (Phi) is 23.5. The number of halogens is 5. The van der Waals surface area contributed by atoms with Crippen molar-refractivity contribution in [3.05, 3.63) is 124 Å². The van der Waals surface area contributed by atoms with E-state index in [1.54, 1.807) is 17.6 Å². The molecule has 2 bridgehead atoms. The fraction of sp³-hybridized carbons (Fsp3) is 0.568. The number of alkyl halides is 5. The molecule has 0 radical (unpaired) electrons. The van der Waals surface area contributed by atoms with Crippen LogP contribution < -0.4 is 25.0 Å². The van der Waals surface area contributed by atoms with Crippen molar-refractivity contribution in [1.29, 1.82) is 0 Å². The smallest absolute Gasteiger partial charge is 0.493 e. The summed E-state index contributed by atoms with van der Waals surface area (Å²) in [7, 11) is -11.1. The van der Waals surface area contributed by atoms with Gasteiger partial charge >= 0.3 is 5.51 Å². The van der Waals surface area contributed by atoms with E-state index in [1.165, 1.54) is 51.3 Å². The summed E-state index contributed by atoms with van der Waals surface area (Å²) in [6, 6.07) is 22.6. The fourth-order valence-corrected chi connectivity index (χ4v) is 19.2. The largest absolute Gasteiger partial charge is 0.501 e. The molecule has 27 heteroatoms. The van der Waals surface area contributed by atoms with Crippen LogP contribution in [0.4, 0.5) is 33.3 Å². The first kappa shape index (κ1) is 75.9. The number of aryl methyl sites for hydroxylation is 1. The number of sulfonamides is 1. The molecule has 3 saturated heterocycles. The first-order valence-corrected chi connectivity index (χ1v) is 40.0. The molecule has 18 nitrogen and oxygen atoms in total. The molecule has 4 heterocycles. The lowest BCUT2D eigenvalue weighted by Crippen LogP contribution is -2.66. The Balaban J connectivity index is 0.663. The molecule has 5 aromatic rings. The molecule has 6 fully saturated rings. The van der Waals surface area contributed by atoms with Gasteiger partial charge in [-0.3, -0.25) is 19.3 Å². The summed E-state index contributed by atoms with van der Waals surface area (Å²) >= 11 is 2.97. The van der Waals surface area contributed by atoms with Crippen LogP contribution in [0.3, 0.4) is 0 Å². The van der Waals surface area contributed by atoms with Crippen molar-refractivity contribution in [3.8, 4) is 16.2 Å². The number of thioether (sulfide) groups is 1. The molecule has 12 rings (SSSR count). The third-order valence-corrected chi connectivity index (χ3v) is 26.0. The Morgan fingerprint density at radius 1 is 0.832 bits per heavy atom. The maximum absolute atomic E-state index is 14.6. The average Bonchev–Trinajstić information content (AvgIpc) is 1.19. The Labute approximate surface area is 599 Å². The number of rotatable bonds is 29. The Morgan fingerprint density at radius 2 is 1.51 bits per heavy atom. The van der Waals surface area contributed by atoms with E-state index in [1.807, 2.05) is 80.9 Å². The zero-order valence-corrected chi connectivity index (χ0v) is 61.8. The SMILES string of the molecule is Cc1ncsc1-c1ccc(CNC(=O)[C@@H]2C[C@@H](O)CN2C(=O)CC(C)(C)C)c(OCCCCCN2CCN(CC[C@H](CSc3ccccc3)Nc3ccc(S(=O)(=O)NC(=O)c4ccc(N5CCN(CC6=C(C78CC(C(F)F)(C7)C8)CC(C)(C)CC6)CC5)cc4)cc3S(=O)(=O)C(F)(F)F)CC2)c1. The highest BCUT2D eigenvalue weighted by atomic mass is 32.2. The predicted octanol–water partition coefficient (Wildman–Crippen LogP) is 12.4. The van der Waals surface area contributed by atoms with Gasteiger partial charge in [-0.2, -0.15) is 13.2 Å². The second-order valence-corrected chi connectivity index (χ2v) is 36.1. The number of likely N-dealkylation sites (tertiary alicyclic amines) is 1. The topological polar surface area (TPSA) is 214 Å². The lowest BCUT2D eigenvalue weighted by atomic mass is 9.32. The molecule has 0 spiro atoms. The second kappa shape index (κ2) is 31.2. The van der Waals surface area contributed by atoms with E-state index in [4.69, 9.17) is 4.74 Å². The Morgan fingerprint density at radius 3 is 2.17 bits per heavy atom. The van der Waals surface area contributed by atoms with Crippen LogP contribution in [0.1, 0.15) is 133 Å². The van der Waals surface area contributed by atoms with E-state index in [0.29, 0.717) is 82.6 Å². The molecule has 4 N–H and O–H groups in total. The first-order valence-electron chi connectivity index (χ1n) is 35.2. The van der Waals surface area contributed by atoms with Gasteiger partial charge in [0.05, 0.1) is 39.4 Å². The lowest BCUT2D eigenvalue weighted by molar-refractivity contribution is -0.250. The number of hydrogen-bond donors (Lipinski definition) is 4. The zero-order chi connectivity index (χ0) is 72.3. The number of allylic oxidation sites excluding steroid dienone is 1. The minimum absolute atomic E-state index is 0.0420. The number of sulfone groups is 1. The molecule has 3 amide bonds. The number of amides is 3. The molecule has 0 unspecified atom stereocenters. The van der Waals surface area contributed by atoms with Gasteiger partial charge in [0.1, 0.15) is 16.7 Å². The lowest BCUT2D eigenvalue weighted by Gasteiger charge is -2.72. The van der Waals surface area contributed by atoms with Gasteiger partial charge in [-0.05, 0) is 160 Å². The number of aliphatic hydroxyl groups is 1. The van der Waals surface area contributed by atoms with E-state index < -0.39 is 76.8 Å². The third kappa shape index (κ3) is 18.3. The number of aliphatic hydroxyl groups excluding tert-OH is 1. The number of aromatic nitrogens is 1. The second-order valence-electron chi connectivity index (χ2n) is 30.6. The first-order chi connectivity index (χ1) is 47.8. The van der Waals surface area contributed by atoms with Gasteiger partial charge < -0.3 is 40.1 Å². The number of benzene rings is 4. The van der Waals surface area contributed by atoms with Crippen LogP contribution in [-0.4, -0.2) is 185 Å². The number of hydrogen-bond acceptors (Lipinski definition) is 17. The standard InChI is InChI=1S/C74H96F5N9O9S4/c1-50-66(99-49-81-50)52-15-16-53(42-80-68(92)62-38-57(89)44-88(62)65(90)41-70(2,3)4)63(37-52)97-36-12-8-11-26-84-28-30-85(31-29-84)27-24-55(45-98-58-13-9-7-10-14-58)82-61-22-21-59(39-64(61)100(93,94)74(77,78)79)101(95,96)83-67(91)51-17-19-56(20-18-51)87-34-32-86(33-35-87)43-54-23-25-71(5,6)40-60(54)72-46-73(47-72,48-72)69(75)76/h7,9-10,13-22,37,39,49,55,57,62,69,82,89H,8,11-12,23-36,38,40-48H2,1-6H3,(H,80,92)(H,83,91)/t55-,57-,62+,72?,73?/m1/s1. The summed E-state index contributed by atoms with van der Waals surface area (Å²) in [4.78, 5) is 55.3. The van der Waals surface area contributed by atoms with Gasteiger partial charge in [0.15, 0.2) is 0 Å². The molecule has 3 aliphatic heterocycles. The maximum atomic E-state index is 14.6. The highest BCUT2D eigenvalue weighted by Crippen LogP contribution is 2.79. The number of nitrogens with one attached hydrogen (secondary N) is 3. The van der Waals surface area contributed by atoms with Gasteiger partial charge in [0.25, 0.3) is 25.8 Å². The molecule has 4 aromatic carbocycles. The van der Waals surface area contributed by atoms with E-state index in [-0.39, 0.29) is 59.6 Å². The van der Waals surface area contributed by atoms with Gasteiger partial charge in [0.2, 0.25) is 18.2 Å². The molecule has 101 heavy (non-hydrogen) atoms. The Hall–Kier alpha value is -6.20. The van der Waals surface area contributed by atoms with Crippen LogP contribution in [0, 0.1) is 28.6 Å². The van der Waals surface area contributed by atoms with Crippen LogP contribution in [-0.2, 0) is 36.0 Å². The minimum atomic E-state index is -6.15. The van der Waals surface area contributed by atoms with E-state index in [0.717, 1.165) is 122 Å². The van der Waals surface area contributed by atoms with Crippen molar-refractivity contribution in [1.82, 2.24) is 34.6 Å². The van der Waals surface area contributed by atoms with Crippen molar-refractivity contribution in [2.24, 2.45) is 21.7 Å². The van der Waals surface area contributed by atoms with Crippen molar-refractivity contribution in [3.63, 3.8) is 0 Å². The van der Waals surface area contributed by atoms with Gasteiger partial charge in [-0.25, -0.2) is 35.3 Å². The zero-order valence-electron chi connectivity index (χ0n) is 58.6. The number of β-amino-alcohol motifs (C(OH)–C–C–N with tert-alkyl or cyclic N) is 1. The fourth-order valence-electron chi connectivity index (χ4n) is 15.4. The van der Waals surface area contributed by atoms with Crippen LogP contribution >= 0.6 is 23.1 Å². The summed E-state index contributed by atoms with van der Waals surface area (Å²) < 4.78 is 135. The number of ether oxygens (including phenoxy) is 1. The summed E-state index contributed by atoms with van der Waals surface area (Å²) in [5, 5.41) is 16.6. The van der Waals surface area contributed by atoms with Gasteiger partial charge in [-0.15, -0.1) is 23.1 Å². The molecule has 1 aromatic heterocycles. The van der Waals surface area contributed by atoms with Crippen LogP contribution in [0.15, 0.2) is 122 Å². The highest BCUT2D eigenvalue weighted by Gasteiger charge is 2.73. The van der Waals surface area contributed by atoms with Crippen molar-refractivity contribution >= 4 is 72.1 Å². The number of piperazine rings is 2. The highest BCUT2D eigenvalue weighted by molar-refractivity contribution is 7.99. The van der Waals surface area contributed by atoms with Crippen molar-refractivity contribution < 1.29 is 63.0 Å². The molecule has 7 aliphatic rings. The minimum Gasteiger partial charge on any atom is -0.493 e. The van der Waals surface area contributed by atoms with Gasteiger partial charge in [-0.1, -0.05) is 76.1 Å². The van der Waals surface area contributed by atoms with Gasteiger partial charge in [0, 0.05) is 130 Å². The Bertz CT molecular complexity index is 4010. The molecule has 3 atom stereocenters. The monoisotopic (exact) mass is 1480 g/mol. The summed E-state index contributed by atoms with van der Waals surface area (Å²) in [6.07, 6.45) is 5.05. The van der Waals surface area contributed by atoms with E-state index in [9.17, 15) is 58.3 Å². The molecular formula is C74H96F5N9O9S4. The third-order valence-electron chi connectivity index (χ3n) is 21.0. The van der Waals surface area contributed by atoms with E-state index >= 15 is 0 Å². The van der Waals surface area contributed by atoms with Crippen LogP contribution in [0.25, 0.3) is 10.4 Å². The number of carbonyl (C=O) groups is 3. The van der Waals surface area contributed by atoms with Crippen LogP contribution in [0.5, 0.6) is 5.75 Å². The molecule has 3 saturated carbocycles. The number of thiazole rings is 1. The molecule has 550 valence electrons. The predicted molar refractivity (Wildman–Crippen MR) is 385 cm³/mol. The molecule has 4 aliphatic carbocycles. The number of anilines is 2. The quantitative estimate of drug-likeness (QED) is 0.0152. The normalized spacial score (nSPS) is 22.6. The number of unbranched alkanes of at least 4 members (excludes halogenated alkanes) is 2. The number of nitrogens with zero attached hydrogens (tertiary/aromatic N) is 6. The summed E-state index contributed by atoms with van der Waals surface area (Å²) in [5.41, 5.74) is 0.747. The van der Waals surface area contributed by atoms with E-state index in [2.05, 4.69) is 49.1 Å². The van der Waals surface area contributed by atoms with Crippen molar-refractivity contribution in [2.45, 2.75) is 170 Å². The number of carbonyl (C=O) groups excluding carboxylic acids is 3. The molecular weight excluding hydrogens is 1380 g/mol. The maximum Gasteiger partial charge on any atom is 0.501 e. The summed E-state index contributed by atoms with van der Waals surface area (Å²) in [5.74, 6) is -0.607. The van der Waals surface area contributed by atoms with Crippen molar-refractivity contribution in [2.75, 3.05) is 101 Å². The average molecular weight is 1480 g/mol. The summed E-state index contributed by atoms with van der Waals surface area (Å²) in [6.45, 7) is 21.1.